The lowest BCUT2D eigenvalue weighted by Crippen LogP contribution is -2.46. The van der Waals surface area contributed by atoms with Gasteiger partial charge < -0.3 is 15.5 Å². The van der Waals surface area contributed by atoms with Crippen LogP contribution in [0.2, 0.25) is 0 Å². The molecule has 0 fully saturated rings. The van der Waals surface area contributed by atoms with Crippen LogP contribution < -0.4 is 5.32 Å². The molecule has 1 aromatic heterocycles. The molecule has 0 saturated carbocycles. The molecule has 0 spiro atoms. The van der Waals surface area contributed by atoms with Gasteiger partial charge in [0.1, 0.15) is 11.5 Å². The van der Waals surface area contributed by atoms with Gasteiger partial charge in [0, 0.05) is 11.8 Å². The number of nitrogens with one attached hydrogen (secondary N) is 1. The van der Waals surface area contributed by atoms with Crippen molar-refractivity contribution in [1.82, 2.24) is 10.3 Å². The van der Waals surface area contributed by atoms with Crippen LogP contribution in [0.15, 0.2) is 29.6 Å². The van der Waals surface area contributed by atoms with Crippen molar-refractivity contribution < 1.29 is 24.2 Å². The molecule has 6 nitrogen and oxygen atoms in total. The summed E-state index contributed by atoms with van der Waals surface area (Å²) in [6.45, 7) is 0.657. The lowest BCUT2D eigenvalue weighted by Gasteiger charge is -2.17. The molecule has 1 atom stereocenters. The van der Waals surface area contributed by atoms with E-state index in [2.05, 4.69) is 10.3 Å². The number of nitrogens with zero attached hydrogens (tertiary/aromatic N) is 1. The van der Waals surface area contributed by atoms with Gasteiger partial charge in [0.2, 0.25) is 0 Å². The van der Waals surface area contributed by atoms with Crippen LogP contribution in [0.1, 0.15) is 28.0 Å². The van der Waals surface area contributed by atoms with Crippen molar-refractivity contribution in [2.24, 2.45) is 0 Å². The molecule has 2 rings (SSSR count). The normalized spacial score (nSPS) is 13.3. The molecule has 122 valence electrons. The van der Waals surface area contributed by atoms with Gasteiger partial charge >= 0.3 is 5.97 Å². The van der Waals surface area contributed by atoms with Gasteiger partial charge in [-0.25, -0.2) is 14.2 Å². The Kier molecular flexibility index (Phi) is 5.07. The summed E-state index contributed by atoms with van der Waals surface area (Å²) < 4.78 is 13.1. The van der Waals surface area contributed by atoms with E-state index in [1.54, 1.807) is 12.1 Å². The number of rotatable bonds is 6. The van der Waals surface area contributed by atoms with Gasteiger partial charge in [0.15, 0.2) is 5.60 Å². The molecule has 0 aliphatic carbocycles. The number of carbonyl (C=O) groups is 2. The van der Waals surface area contributed by atoms with E-state index in [-0.39, 0.29) is 11.5 Å². The standard InChI is InChI=1S/C15H15FN2O4S/c1-15(22,14(20)21)8-17-13(19)11-7-23-12(18-11)6-9-3-2-4-10(16)5-9/h2-5,7,22H,6,8H2,1H3,(H,17,19)(H,20,21). The highest BCUT2D eigenvalue weighted by Gasteiger charge is 2.30. The molecule has 1 heterocycles. The van der Waals surface area contributed by atoms with Gasteiger partial charge in [-0.1, -0.05) is 12.1 Å². The van der Waals surface area contributed by atoms with E-state index in [9.17, 15) is 19.1 Å². The fourth-order valence-corrected chi connectivity index (χ4v) is 2.54. The van der Waals surface area contributed by atoms with E-state index in [0.29, 0.717) is 11.4 Å². The second-order valence-corrected chi connectivity index (χ2v) is 6.14. The van der Waals surface area contributed by atoms with Gasteiger partial charge in [-0.15, -0.1) is 11.3 Å². The van der Waals surface area contributed by atoms with Crippen molar-refractivity contribution in [3.05, 3.63) is 51.7 Å². The predicted molar refractivity (Wildman–Crippen MR) is 81.9 cm³/mol. The summed E-state index contributed by atoms with van der Waals surface area (Å²) in [6.07, 6.45) is 0.391. The van der Waals surface area contributed by atoms with E-state index in [1.807, 2.05) is 0 Å². The zero-order chi connectivity index (χ0) is 17.0. The highest BCUT2D eigenvalue weighted by Crippen LogP contribution is 2.16. The SMILES string of the molecule is CC(O)(CNC(=O)c1csc(Cc2cccc(F)c2)n1)C(=O)O. The Labute approximate surface area is 135 Å². The lowest BCUT2D eigenvalue weighted by atomic mass is 10.1. The number of aromatic nitrogens is 1. The highest BCUT2D eigenvalue weighted by molar-refractivity contribution is 7.09. The summed E-state index contributed by atoms with van der Waals surface area (Å²) in [5.74, 6) is -2.34. The van der Waals surface area contributed by atoms with E-state index >= 15 is 0 Å². The quantitative estimate of drug-likeness (QED) is 0.740. The van der Waals surface area contributed by atoms with Crippen LogP contribution in [-0.4, -0.2) is 39.2 Å². The largest absolute Gasteiger partial charge is 0.479 e. The molecule has 8 heteroatoms. The van der Waals surface area contributed by atoms with E-state index < -0.39 is 24.0 Å². The minimum Gasteiger partial charge on any atom is -0.479 e. The molecular weight excluding hydrogens is 323 g/mol. The molecular formula is C15H15FN2O4S. The number of carbonyl (C=O) groups excluding carboxylic acids is 1. The number of carboxylic acids is 1. The molecule has 1 amide bonds. The molecule has 2 aromatic rings. The van der Waals surface area contributed by atoms with Crippen molar-refractivity contribution in [2.45, 2.75) is 18.9 Å². The molecule has 0 aliphatic rings. The number of carboxylic acid groups (broad SMARTS) is 1. The van der Waals surface area contributed by atoms with E-state index in [1.165, 1.54) is 28.8 Å². The molecule has 23 heavy (non-hydrogen) atoms. The Morgan fingerprint density at radius 2 is 2.17 bits per heavy atom. The third-order valence-corrected chi connectivity index (χ3v) is 3.93. The topological polar surface area (TPSA) is 99.5 Å². The zero-order valence-corrected chi connectivity index (χ0v) is 13.1. The Morgan fingerprint density at radius 1 is 1.43 bits per heavy atom. The van der Waals surface area contributed by atoms with Crippen LogP contribution in [0.5, 0.6) is 0 Å². The van der Waals surface area contributed by atoms with Gasteiger partial charge in [-0.3, -0.25) is 4.79 Å². The van der Waals surface area contributed by atoms with Crippen molar-refractivity contribution in [1.29, 1.82) is 0 Å². The number of amides is 1. The molecule has 1 aromatic carbocycles. The molecule has 0 aliphatic heterocycles. The summed E-state index contributed by atoms with van der Waals surface area (Å²) in [7, 11) is 0. The smallest absolute Gasteiger partial charge is 0.337 e. The maximum atomic E-state index is 13.1. The first-order chi connectivity index (χ1) is 10.8. The second kappa shape index (κ2) is 6.84. The minimum absolute atomic E-state index is 0.127. The maximum absolute atomic E-state index is 13.1. The van der Waals surface area contributed by atoms with Crippen LogP contribution in [0.25, 0.3) is 0 Å². The van der Waals surface area contributed by atoms with E-state index in [4.69, 9.17) is 5.11 Å². The number of hydrogen-bond donors (Lipinski definition) is 3. The van der Waals surface area contributed by atoms with Crippen molar-refractivity contribution >= 4 is 23.2 Å². The molecule has 3 N–H and O–H groups in total. The second-order valence-electron chi connectivity index (χ2n) is 5.19. The van der Waals surface area contributed by atoms with E-state index in [0.717, 1.165) is 12.5 Å². The van der Waals surface area contributed by atoms with Crippen LogP contribution >= 0.6 is 11.3 Å². The van der Waals surface area contributed by atoms with Crippen LogP contribution in [0.4, 0.5) is 4.39 Å². The fourth-order valence-electron chi connectivity index (χ4n) is 1.74. The summed E-state index contributed by atoms with van der Waals surface area (Å²) in [5, 5.41) is 22.8. The average molecular weight is 338 g/mol. The van der Waals surface area contributed by atoms with Crippen molar-refractivity contribution in [3.63, 3.8) is 0 Å². The molecule has 0 radical (unpaired) electrons. The maximum Gasteiger partial charge on any atom is 0.337 e. The van der Waals surface area contributed by atoms with Crippen molar-refractivity contribution in [3.8, 4) is 0 Å². The number of thiazole rings is 1. The van der Waals surface area contributed by atoms with Gasteiger partial charge in [0.25, 0.3) is 5.91 Å². The molecule has 0 saturated heterocycles. The van der Waals surface area contributed by atoms with Gasteiger partial charge in [-0.2, -0.15) is 0 Å². The summed E-state index contributed by atoms with van der Waals surface area (Å²) in [5.41, 5.74) is -1.18. The number of halogens is 1. The first-order valence-corrected chi connectivity index (χ1v) is 7.59. The predicted octanol–water partition coefficient (Wildman–Crippen LogP) is 1.44. The third-order valence-electron chi connectivity index (χ3n) is 3.08. The Balaban J connectivity index is 1.98. The number of aliphatic carboxylic acids is 1. The Bertz CT molecular complexity index is 730. The van der Waals surface area contributed by atoms with Crippen LogP contribution in [0.3, 0.4) is 0 Å². The fraction of sp³-hybridized carbons (Fsp3) is 0.267. The number of hydrogen-bond acceptors (Lipinski definition) is 5. The van der Waals surface area contributed by atoms with Gasteiger partial charge in [-0.05, 0) is 24.6 Å². The summed E-state index contributed by atoms with van der Waals surface area (Å²) in [4.78, 5) is 26.8. The Morgan fingerprint density at radius 3 is 2.83 bits per heavy atom. The zero-order valence-electron chi connectivity index (χ0n) is 12.2. The third kappa shape index (κ3) is 4.57. The first kappa shape index (κ1) is 17.0. The number of aliphatic hydroxyl groups is 1. The first-order valence-electron chi connectivity index (χ1n) is 6.71. The highest BCUT2D eigenvalue weighted by atomic mass is 32.1. The molecule has 0 bridgehead atoms. The molecule has 1 unspecified atom stereocenters. The van der Waals surface area contributed by atoms with Crippen LogP contribution in [-0.2, 0) is 11.2 Å². The monoisotopic (exact) mass is 338 g/mol. The lowest BCUT2D eigenvalue weighted by molar-refractivity contribution is -0.155. The van der Waals surface area contributed by atoms with Crippen molar-refractivity contribution in [2.75, 3.05) is 6.54 Å². The van der Waals surface area contributed by atoms with Crippen LogP contribution in [0, 0.1) is 5.82 Å². The Hall–Kier alpha value is -2.32. The summed E-state index contributed by atoms with van der Waals surface area (Å²) in [6, 6.07) is 6.10. The number of benzene rings is 1. The average Bonchev–Trinajstić information content (AvgIpc) is 2.93. The van der Waals surface area contributed by atoms with Gasteiger partial charge in [0.05, 0.1) is 11.6 Å². The minimum atomic E-state index is -2.05. The summed E-state index contributed by atoms with van der Waals surface area (Å²) >= 11 is 1.25.